The van der Waals surface area contributed by atoms with Crippen molar-refractivity contribution in [1.82, 2.24) is 0 Å². The van der Waals surface area contributed by atoms with Crippen molar-refractivity contribution < 1.29 is 4.74 Å². The van der Waals surface area contributed by atoms with E-state index in [1.807, 2.05) is 6.07 Å². The zero-order chi connectivity index (χ0) is 13.1. The van der Waals surface area contributed by atoms with Gasteiger partial charge in [0.05, 0.1) is 27.4 Å². The Labute approximate surface area is 114 Å². The number of hydrogen-bond acceptors (Lipinski definition) is 3. The zero-order valence-corrected chi connectivity index (χ0v) is 10.7. The van der Waals surface area contributed by atoms with E-state index in [-0.39, 0.29) is 0 Å². The second kappa shape index (κ2) is 5.18. The standard InChI is InChI=1S/C13H8Cl2N2O/c14-10-5-12(17)13(6-11(10)15)18-9-3-1-8(7-16)2-4-9/h1-6H,17H2. The highest BCUT2D eigenvalue weighted by atomic mass is 35.5. The van der Waals surface area contributed by atoms with Gasteiger partial charge in [0.2, 0.25) is 0 Å². The molecule has 0 aliphatic heterocycles. The Balaban J connectivity index is 2.28. The molecule has 0 atom stereocenters. The van der Waals surface area contributed by atoms with E-state index in [4.69, 9.17) is 38.9 Å². The fourth-order valence-corrected chi connectivity index (χ4v) is 1.68. The predicted molar refractivity (Wildman–Crippen MR) is 72.1 cm³/mol. The van der Waals surface area contributed by atoms with Crippen LogP contribution < -0.4 is 10.5 Å². The minimum atomic E-state index is 0.370. The first-order chi connectivity index (χ1) is 8.60. The van der Waals surface area contributed by atoms with Crippen molar-refractivity contribution in [3.05, 3.63) is 52.0 Å². The molecule has 0 spiro atoms. The highest BCUT2D eigenvalue weighted by molar-refractivity contribution is 6.42. The van der Waals surface area contributed by atoms with E-state index in [0.717, 1.165) is 0 Å². The van der Waals surface area contributed by atoms with Crippen molar-refractivity contribution in [1.29, 1.82) is 5.26 Å². The summed E-state index contributed by atoms with van der Waals surface area (Å²) >= 11 is 11.7. The molecule has 0 fully saturated rings. The summed E-state index contributed by atoms with van der Waals surface area (Å²) in [6.07, 6.45) is 0. The Kier molecular flexibility index (Phi) is 3.61. The van der Waals surface area contributed by atoms with Crippen LogP contribution in [-0.4, -0.2) is 0 Å². The molecule has 0 saturated carbocycles. The maximum Gasteiger partial charge on any atom is 0.151 e. The van der Waals surface area contributed by atoms with Crippen LogP contribution >= 0.6 is 23.2 Å². The van der Waals surface area contributed by atoms with E-state index in [9.17, 15) is 0 Å². The van der Waals surface area contributed by atoms with Crippen LogP contribution in [-0.2, 0) is 0 Å². The minimum Gasteiger partial charge on any atom is -0.455 e. The third kappa shape index (κ3) is 2.67. The smallest absolute Gasteiger partial charge is 0.151 e. The van der Waals surface area contributed by atoms with Gasteiger partial charge >= 0.3 is 0 Å². The molecule has 0 aliphatic rings. The van der Waals surface area contributed by atoms with E-state index < -0.39 is 0 Å². The Morgan fingerprint density at radius 1 is 1.06 bits per heavy atom. The summed E-state index contributed by atoms with van der Waals surface area (Å²) < 4.78 is 5.57. The first-order valence-corrected chi connectivity index (χ1v) is 5.78. The molecule has 0 heterocycles. The Morgan fingerprint density at radius 3 is 2.28 bits per heavy atom. The molecule has 18 heavy (non-hydrogen) atoms. The lowest BCUT2D eigenvalue weighted by Gasteiger charge is -2.09. The third-order valence-corrected chi connectivity index (χ3v) is 2.99. The van der Waals surface area contributed by atoms with Gasteiger partial charge in [-0.2, -0.15) is 5.26 Å². The molecule has 2 aromatic rings. The number of anilines is 1. The van der Waals surface area contributed by atoms with Gasteiger partial charge < -0.3 is 10.5 Å². The summed E-state index contributed by atoms with van der Waals surface area (Å²) in [5, 5.41) is 9.43. The molecule has 0 unspecified atom stereocenters. The molecular weight excluding hydrogens is 271 g/mol. The van der Waals surface area contributed by atoms with Crippen LogP contribution in [0, 0.1) is 11.3 Å². The van der Waals surface area contributed by atoms with E-state index in [1.54, 1.807) is 30.3 Å². The largest absolute Gasteiger partial charge is 0.455 e. The number of hydrogen-bond donors (Lipinski definition) is 1. The number of rotatable bonds is 2. The summed E-state index contributed by atoms with van der Waals surface area (Å²) in [7, 11) is 0. The van der Waals surface area contributed by atoms with Crippen molar-refractivity contribution in [3.8, 4) is 17.6 Å². The molecule has 0 aliphatic carbocycles. The molecule has 0 amide bonds. The third-order valence-electron chi connectivity index (χ3n) is 2.26. The highest BCUT2D eigenvalue weighted by Crippen LogP contribution is 2.34. The van der Waals surface area contributed by atoms with Gasteiger partial charge in [-0.05, 0) is 30.3 Å². The number of nitriles is 1. The molecule has 5 heteroatoms. The van der Waals surface area contributed by atoms with Crippen LogP contribution in [0.4, 0.5) is 5.69 Å². The molecule has 0 aromatic heterocycles. The van der Waals surface area contributed by atoms with Gasteiger partial charge in [-0.1, -0.05) is 23.2 Å². The number of nitrogen functional groups attached to an aromatic ring is 1. The lowest BCUT2D eigenvalue weighted by molar-refractivity contribution is 0.485. The van der Waals surface area contributed by atoms with Gasteiger partial charge in [0.1, 0.15) is 5.75 Å². The number of ether oxygens (including phenoxy) is 1. The van der Waals surface area contributed by atoms with E-state index >= 15 is 0 Å². The van der Waals surface area contributed by atoms with Crippen LogP contribution in [0.3, 0.4) is 0 Å². The molecule has 2 aromatic carbocycles. The number of halogens is 2. The van der Waals surface area contributed by atoms with Crippen molar-refractivity contribution in [2.45, 2.75) is 0 Å². The average molecular weight is 279 g/mol. The Hall–Kier alpha value is -1.89. The molecule has 3 nitrogen and oxygen atoms in total. The van der Waals surface area contributed by atoms with Gasteiger partial charge in [-0.25, -0.2) is 0 Å². The minimum absolute atomic E-state index is 0.370. The van der Waals surface area contributed by atoms with Gasteiger partial charge in [-0.3, -0.25) is 0 Å². The highest BCUT2D eigenvalue weighted by Gasteiger charge is 2.07. The maximum atomic E-state index is 8.69. The summed E-state index contributed by atoms with van der Waals surface area (Å²) in [5.74, 6) is 0.994. The van der Waals surface area contributed by atoms with Crippen molar-refractivity contribution >= 4 is 28.9 Å². The van der Waals surface area contributed by atoms with E-state index in [2.05, 4.69) is 0 Å². The van der Waals surface area contributed by atoms with Crippen LogP contribution in [0.5, 0.6) is 11.5 Å². The molecule has 2 N–H and O–H groups in total. The van der Waals surface area contributed by atoms with Crippen LogP contribution in [0.25, 0.3) is 0 Å². The molecule has 0 radical (unpaired) electrons. The molecule has 0 saturated heterocycles. The molecule has 90 valence electrons. The summed E-state index contributed by atoms with van der Waals surface area (Å²) in [5.41, 5.74) is 6.73. The number of benzene rings is 2. The fourth-order valence-electron chi connectivity index (χ4n) is 1.36. The topological polar surface area (TPSA) is 59.0 Å². The predicted octanol–water partition coefficient (Wildman–Crippen LogP) is 4.24. The first-order valence-electron chi connectivity index (χ1n) is 5.02. The van der Waals surface area contributed by atoms with Crippen molar-refractivity contribution in [3.63, 3.8) is 0 Å². The SMILES string of the molecule is N#Cc1ccc(Oc2cc(Cl)c(Cl)cc2N)cc1. The summed E-state index contributed by atoms with van der Waals surface area (Å²) in [6.45, 7) is 0. The van der Waals surface area contributed by atoms with Crippen molar-refractivity contribution in [2.75, 3.05) is 5.73 Å². The van der Waals surface area contributed by atoms with Gasteiger partial charge in [0, 0.05) is 6.07 Å². The average Bonchev–Trinajstić information content (AvgIpc) is 2.37. The van der Waals surface area contributed by atoms with Gasteiger partial charge in [0.25, 0.3) is 0 Å². The molecular formula is C13H8Cl2N2O. The number of nitrogens with zero attached hydrogens (tertiary/aromatic N) is 1. The van der Waals surface area contributed by atoms with Crippen LogP contribution in [0.2, 0.25) is 10.0 Å². The monoisotopic (exact) mass is 278 g/mol. The summed E-state index contributed by atoms with van der Waals surface area (Å²) in [4.78, 5) is 0. The normalized spacial score (nSPS) is 9.83. The first kappa shape index (κ1) is 12.6. The van der Waals surface area contributed by atoms with Gasteiger partial charge in [-0.15, -0.1) is 0 Å². The second-order valence-corrected chi connectivity index (χ2v) is 4.36. The fraction of sp³-hybridized carbons (Fsp3) is 0. The zero-order valence-electron chi connectivity index (χ0n) is 9.15. The van der Waals surface area contributed by atoms with E-state index in [0.29, 0.717) is 32.8 Å². The van der Waals surface area contributed by atoms with Crippen LogP contribution in [0.1, 0.15) is 5.56 Å². The maximum absolute atomic E-state index is 8.69. The van der Waals surface area contributed by atoms with Crippen LogP contribution in [0.15, 0.2) is 36.4 Å². The van der Waals surface area contributed by atoms with Gasteiger partial charge in [0.15, 0.2) is 5.75 Å². The second-order valence-electron chi connectivity index (χ2n) is 3.54. The lowest BCUT2D eigenvalue weighted by Crippen LogP contribution is -1.92. The molecule has 0 bridgehead atoms. The lowest BCUT2D eigenvalue weighted by atomic mass is 10.2. The Morgan fingerprint density at radius 2 is 1.67 bits per heavy atom. The molecule has 2 rings (SSSR count). The Bertz CT molecular complexity index is 618. The summed E-state index contributed by atoms with van der Waals surface area (Å²) in [6, 6.07) is 11.8. The van der Waals surface area contributed by atoms with E-state index in [1.165, 1.54) is 6.07 Å². The van der Waals surface area contributed by atoms with Crippen molar-refractivity contribution in [2.24, 2.45) is 0 Å². The number of nitrogens with two attached hydrogens (primary N) is 1. The quantitative estimate of drug-likeness (QED) is 0.836.